The predicted molar refractivity (Wildman–Crippen MR) is 93.9 cm³/mol. The van der Waals surface area contributed by atoms with Crippen molar-refractivity contribution in [1.29, 1.82) is 0 Å². The average molecular weight is 331 g/mol. The highest BCUT2D eigenvalue weighted by molar-refractivity contribution is 7.15. The normalized spacial score (nSPS) is 10.4. The second kappa shape index (κ2) is 7.87. The van der Waals surface area contributed by atoms with E-state index in [1.165, 1.54) is 11.3 Å². The molecule has 0 bridgehead atoms. The first kappa shape index (κ1) is 17.1. The molecule has 0 radical (unpaired) electrons. The van der Waals surface area contributed by atoms with Crippen LogP contribution in [0.2, 0.25) is 0 Å². The Kier molecular flexibility index (Phi) is 5.87. The van der Waals surface area contributed by atoms with Gasteiger partial charge < -0.3 is 10.2 Å². The van der Waals surface area contributed by atoms with Crippen molar-refractivity contribution >= 4 is 34.0 Å². The fraction of sp³-hybridized carbons (Fsp3) is 0.353. The lowest BCUT2D eigenvalue weighted by Crippen LogP contribution is -2.26. The fourth-order valence-corrected chi connectivity index (χ4v) is 2.90. The standard InChI is InChI=1S/C17H21N3O2S/c1-12-13(2)23-17(18-12)19-15(21)10-7-11-16(22)20(3)14-8-5-4-6-9-14/h4-6,8-9H,7,10-11H2,1-3H3,(H,18,19,21). The number of nitrogens with one attached hydrogen (secondary N) is 1. The lowest BCUT2D eigenvalue weighted by Gasteiger charge is -2.17. The molecule has 0 atom stereocenters. The molecule has 0 aliphatic rings. The second-order valence-electron chi connectivity index (χ2n) is 5.35. The maximum Gasteiger partial charge on any atom is 0.226 e. The summed E-state index contributed by atoms with van der Waals surface area (Å²) in [6.07, 6.45) is 1.17. The summed E-state index contributed by atoms with van der Waals surface area (Å²) in [5, 5.41) is 3.40. The number of para-hydroxylation sites is 1. The van der Waals surface area contributed by atoms with E-state index in [1.807, 2.05) is 44.2 Å². The molecule has 0 fully saturated rings. The number of aromatic nitrogens is 1. The van der Waals surface area contributed by atoms with Crippen LogP contribution in [0.5, 0.6) is 0 Å². The van der Waals surface area contributed by atoms with E-state index in [0.29, 0.717) is 24.4 Å². The van der Waals surface area contributed by atoms with Crippen LogP contribution in [-0.4, -0.2) is 23.8 Å². The molecule has 0 spiro atoms. The van der Waals surface area contributed by atoms with E-state index in [0.717, 1.165) is 16.3 Å². The van der Waals surface area contributed by atoms with Crippen LogP contribution < -0.4 is 10.2 Å². The zero-order valence-electron chi connectivity index (χ0n) is 13.6. The number of thiazole rings is 1. The number of rotatable bonds is 6. The van der Waals surface area contributed by atoms with E-state index >= 15 is 0 Å². The zero-order chi connectivity index (χ0) is 16.8. The number of carbonyl (C=O) groups is 2. The first-order valence-corrected chi connectivity index (χ1v) is 8.34. The molecule has 0 saturated heterocycles. The van der Waals surface area contributed by atoms with Crippen molar-refractivity contribution in [3.63, 3.8) is 0 Å². The number of nitrogens with zero attached hydrogens (tertiary/aromatic N) is 2. The van der Waals surface area contributed by atoms with E-state index in [2.05, 4.69) is 10.3 Å². The lowest BCUT2D eigenvalue weighted by atomic mass is 10.2. The van der Waals surface area contributed by atoms with Crippen LogP contribution in [0, 0.1) is 13.8 Å². The van der Waals surface area contributed by atoms with Gasteiger partial charge in [0, 0.05) is 30.5 Å². The van der Waals surface area contributed by atoms with Gasteiger partial charge in [0.1, 0.15) is 0 Å². The van der Waals surface area contributed by atoms with E-state index in [1.54, 1.807) is 11.9 Å². The Balaban J connectivity index is 1.75. The number of amides is 2. The van der Waals surface area contributed by atoms with Gasteiger partial charge in [-0.1, -0.05) is 18.2 Å². The van der Waals surface area contributed by atoms with Crippen molar-refractivity contribution in [3.05, 3.63) is 40.9 Å². The largest absolute Gasteiger partial charge is 0.316 e. The van der Waals surface area contributed by atoms with Crippen LogP contribution in [-0.2, 0) is 9.59 Å². The molecule has 2 rings (SSSR count). The van der Waals surface area contributed by atoms with Gasteiger partial charge in [-0.2, -0.15) is 0 Å². The molecule has 1 N–H and O–H groups in total. The van der Waals surface area contributed by atoms with Crippen molar-refractivity contribution < 1.29 is 9.59 Å². The Labute approximate surface area is 140 Å². The highest BCUT2D eigenvalue weighted by Crippen LogP contribution is 2.21. The minimum absolute atomic E-state index is 0.00457. The molecule has 122 valence electrons. The summed E-state index contributed by atoms with van der Waals surface area (Å²) in [4.78, 5) is 31.0. The Morgan fingerprint density at radius 2 is 1.87 bits per heavy atom. The SMILES string of the molecule is Cc1nc(NC(=O)CCCC(=O)N(C)c2ccccc2)sc1C. The summed E-state index contributed by atoms with van der Waals surface area (Å²) in [5.74, 6) is -0.0983. The van der Waals surface area contributed by atoms with Gasteiger partial charge in [0.25, 0.3) is 0 Å². The molecule has 0 aliphatic carbocycles. The number of anilines is 2. The summed E-state index contributed by atoms with van der Waals surface area (Å²) in [6.45, 7) is 3.89. The third kappa shape index (κ3) is 4.89. The highest BCUT2D eigenvalue weighted by atomic mass is 32.1. The van der Waals surface area contributed by atoms with E-state index in [9.17, 15) is 9.59 Å². The van der Waals surface area contributed by atoms with Crippen LogP contribution in [0.25, 0.3) is 0 Å². The fourth-order valence-electron chi connectivity index (χ4n) is 2.07. The number of hydrogen-bond donors (Lipinski definition) is 1. The Morgan fingerprint density at radius 3 is 2.48 bits per heavy atom. The summed E-state index contributed by atoms with van der Waals surface area (Å²) in [6, 6.07) is 9.47. The average Bonchev–Trinajstić information content (AvgIpc) is 2.85. The first-order valence-electron chi connectivity index (χ1n) is 7.53. The van der Waals surface area contributed by atoms with Crippen molar-refractivity contribution in [2.45, 2.75) is 33.1 Å². The van der Waals surface area contributed by atoms with Gasteiger partial charge in [-0.15, -0.1) is 11.3 Å². The van der Waals surface area contributed by atoms with Gasteiger partial charge in [0.15, 0.2) is 5.13 Å². The third-order valence-electron chi connectivity index (χ3n) is 3.59. The minimum atomic E-state index is -0.103. The lowest BCUT2D eigenvalue weighted by molar-refractivity contribution is -0.118. The monoisotopic (exact) mass is 331 g/mol. The van der Waals surface area contributed by atoms with Crippen molar-refractivity contribution in [2.24, 2.45) is 0 Å². The molecular formula is C17H21N3O2S. The summed E-state index contributed by atoms with van der Waals surface area (Å²) in [7, 11) is 1.75. The van der Waals surface area contributed by atoms with Crippen molar-refractivity contribution in [3.8, 4) is 0 Å². The number of aryl methyl sites for hydroxylation is 2. The molecular weight excluding hydrogens is 310 g/mol. The van der Waals surface area contributed by atoms with Crippen LogP contribution >= 0.6 is 11.3 Å². The van der Waals surface area contributed by atoms with Gasteiger partial charge in [-0.3, -0.25) is 9.59 Å². The maximum absolute atomic E-state index is 12.1. The molecule has 0 unspecified atom stereocenters. The second-order valence-corrected chi connectivity index (χ2v) is 6.55. The molecule has 1 aromatic heterocycles. The molecule has 0 aliphatic heterocycles. The molecule has 6 heteroatoms. The summed E-state index contributed by atoms with van der Waals surface area (Å²) < 4.78 is 0. The third-order valence-corrected chi connectivity index (χ3v) is 4.58. The van der Waals surface area contributed by atoms with Crippen LogP contribution in [0.1, 0.15) is 29.8 Å². The first-order chi connectivity index (χ1) is 11.0. The van der Waals surface area contributed by atoms with Gasteiger partial charge in [0.2, 0.25) is 11.8 Å². The maximum atomic E-state index is 12.1. The van der Waals surface area contributed by atoms with Crippen molar-refractivity contribution in [2.75, 3.05) is 17.3 Å². The zero-order valence-corrected chi connectivity index (χ0v) is 14.4. The topological polar surface area (TPSA) is 62.3 Å². The van der Waals surface area contributed by atoms with Crippen molar-refractivity contribution in [1.82, 2.24) is 4.98 Å². The van der Waals surface area contributed by atoms with Gasteiger partial charge in [-0.05, 0) is 32.4 Å². The molecule has 2 amide bonds. The predicted octanol–water partition coefficient (Wildman–Crippen LogP) is 3.53. The summed E-state index contributed by atoms with van der Waals surface area (Å²) in [5.41, 5.74) is 1.79. The van der Waals surface area contributed by atoms with E-state index < -0.39 is 0 Å². The van der Waals surface area contributed by atoms with Crippen LogP contribution in [0.3, 0.4) is 0 Å². The van der Waals surface area contributed by atoms with Crippen LogP contribution in [0.4, 0.5) is 10.8 Å². The molecule has 2 aromatic rings. The number of benzene rings is 1. The minimum Gasteiger partial charge on any atom is -0.316 e. The quantitative estimate of drug-likeness (QED) is 0.881. The molecule has 23 heavy (non-hydrogen) atoms. The highest BCUT2D eigenvalue weighted by Gasteiger charge is 2.12. The molecule has 5 nitrogen and oxygen atoms in total. The molecule has 1 aromatic carbocycles. The number of hydrogen-bond acceptors (Lipinski definition) is 4. The summed E-state index contributed by atoms with van der Waals surface area (Å²) >= 11 is 1.47. The van der Waals surface area contributed by atoms with Gasteiger partial charge >= 0.3 is 0 Å². The Hall–Kier alpha value is -2.21. The Bertz CT molecular complexity index is 663. The van der Waals surface area contributed by atoms with Gasteiger partial charge in [-0.25, -0.2) is 4.98 Å². The van der Waals surface area contributed by atoms with E-state index in [4.69, 9.17) is 0 Å². The smallest absolute Gasteiger partial charge is 0.226 e. The Morgan fingerprint density at radius 1 is 1.17 bits per heavy atom. The molecule has 0 saturated carbocycles. The van der Waals surface area contributed by atoms with Gasteiger partial charge in [0.05, 0.1) is 5.69 Å². The number of carbonyl (C=O) groups excluding carboxylic acids is 2. The molecule has 1 heterocycles. The van der Waals surface area contributed by atoms with Crippen LogP contribution in [0.15, 0.2) is 30.3 Å². The van der Waals surface area contributed by atoms with E-state index in [-0.39, 0.29) is 11.8 Å².